The van der Waals surface area contributed by atoms with Crippen molar-refractivity contribution in [3.05, 3.63) is 0 Å². The van der Waals surface area contributed by atoms with Crippen LogP contribution in [-0.2, 0) is 15.5 Å². The number of nitrogens with one attached hydrogen (secondary N) is 1. The highest BCUT2D eigenvalue weighted by molar-refractivity contribution is 7.84. The van der Waals surface area contributed by atoms with Crippen molar-refractivity contribution in [3.8, 4) is 0 Å². The van der Waals surface area contributed by atoms with E-state index in [0.29, 0.717) is 6.04 Å². The molecule has 0 radical (unpaired) electrons. The van der Waals surface area contributed by atoms with Crippen LogP contribution < -0.4 is 5.32 Å². The third-order valence-corrected chi connectivity index (χ3v) is 2.88. The minimum atomic E-state index is -0.695. The van der Waals surface area contributed by atoms with E-state index in [0.717, 1.165) is 25.3 Å². The maximum atomic E-state index is 10.8. The molecule has 0 aromatic heterocycles. The smallest absolute Gasteiger partial charge is 0.0615 e. The largest absolute Gasteiger partial charge is 0.383 e. The average Bonchev–Trinajstić information content (AvgIpc) is 2.13. The van der Waals surface area contributed by atoms with Crippen molar-refractivity contribution in [2.24, 2.45) is 0 Å². The molecule has 0 rings (SSSR count). The summed E-state index contributed by atoms with van der Waals surface area (Å²) < 4.78 is 16.0. The molecule has 4 heteroatoms. The maximum absolute atomic E-state index is 10.8. The average molecular weight is 221 g/mol. The number of hydrogen-bond donors (Lipinski definition) is 1. The number of unbranched alkanes of at least 4 members (excludes halogenated alkanes) is 1. The van der Waals surface area contributed by atoms with Gasteiger partial charge in [0.15, 0.2) is 0 Å². The zero-order valence-corrected chi connectivity index (χ0v) is 10.4. The summed E-state index contributed by atoms with van der Waals surface area (Å²) in [6.45, 7) is 3.75. The van der Waals surface area contributed by atoms with E-state index in [4.69, 9.17) is 4.74 Å². The van der Waals surface area contributed by atoms with Crippen molar-refractivity contribution in [2.45, 2.75) is 32.2 Å². The molecular weight excluding hydrogens is 198 g/mol. The zero-order chi connectivity index (χ0) is 10.8. The molecule has 0 saturated carbocycles. The standard InChI is InChI=1S/C10H23NO2S/c1-4-5-6-10(9-13-2)11-7-8-14(3)12/h10-11H,4-9H2,1-3H3. The number of methoxy groups -OCH3 is 1. The summed E-state index contributed by atoms with van der Waals surface area (Å²) in [6.07, 6.45) is 5.30. The van der Waals surface area contributed by atoms with Gasteiger partial charge in [-0.15, -0.1) is 0 Å². The van der Waals surface area contributed by atoms with Crippen LogP contribution in [0.3, 0.4) is 0 Å². The second-order valence-electron chi connectivity index (χ2n) is 3.53. The van der Waals surface area contributed by atoms with Crippen LogP contribution in [0.4, 0.5) is 0 Å². The molecule has 0 amide bonds. The fourth-order valence-electron chi connectivity index (χ4n) is 1.30. The fourth-order valence-corrected chi connectivity index (χ4v) is 1.71. The van der Waals surface area contributed by atoms with Crippen LogP contribution in [0.25, 0.3) is 0 Å². The van der Waals surface area contributed by atoms with Gasteiger partial charge in [-0.2, -0.15) is 0 Å². The minimum Gasteiger partial charge on any atom is -0.383 e. The molecule has 0 bridgehead atoms. The normalized spacial score (nSPS) is 15.4. The second kappa shape index (κ2) is 9.62. The van der Waals surface area contributed by atoms with Crippen molar-refractivity contribution in [3.63, 3.8) is 0 Å². The third kappa shape index (κ3) is 8.66. The molecule has 2 unspecified atom stereocenters. The third-order valence-electron chi connectivity index (χ3n) is 2.10. The minimum absolute atomic E-state index is 0.420. The molecule has 0 aliphatic carbocycles. The summed E-state index contributed by atoms with van der Waals surface area (Å²) in [6, 6.07) is 0.420. The summed E-state index contributed by atoms with van der Waals surface area (Å²) in [5.74, 6) is 0.729. The number of rotatable bonds is 9. The van der Waals surface area contributed by atoms with E-state index in [9.17, 15) is 4.21 Å². The van der Waals surface area contributed by atoms with Crippen LogP contribution in [0.5, 0.6) is 0 Å². The Bertz CT molecular complexity index is 153. The molecule has 0 aromatic carbocycles. The Hall–Kier alpha value is 0.0700. The lowest BCUT2D eigenvalue weighted by Gasteiger charge is -2.17. The van der Waals surface area contributed by atoms with E-state index < -0.39 is 10.8 Å². The van der Waals surface area contributed by atoms with Gasteiger partial charge >= 0.3 is 0 Å². The van der Waals surface area contributed by atoms with Gasteiger partial charge in [-0.05, 0) is 6.42 Å². The van der Waals surface area contributed by atoms with Gasteiger partial charge in [-0.3, -0.25) is 4.21 Å². The van der Waals surface area contributed by atoms with Crippen LogP contribution in [0.1, 0.15) is 26.2 Å². The van der Waals surface area contributed by atoms with Gasteiger partial charge in [0, 0.05) is 42.5 Å². The van der Waals surface area contributed by atoms with Crippen molar-refractivity contribution in [1.29, 1.82) is 0 Å². The van der Waals surface area contributed by atoms with E-state index in [1.807, 2.05) is 0 Å². The molecule has 0 aromatic rings. The highest BCUT2D eigenvalue weighted by Gasteiger charge is 2.06. The molecule has 0 aliphatic rings. The molecule has 2 atom stereocenters. The van der Waals surface area contributed by atoms with Gasteiger partial charge in [-0.25, -0.2) is 0 Å². The molecule has 0 fully saturated rings. The van der Waals surface area contributed by atoms with Crippen molar-refractivity contribution >= 4 is 10.8 Å². The summed E-state index contributed by atoms with van der Waals surface area (Å²) >= 11 is 0. The summed E-state index contributed by atoms with van der Waals surface area (Å²) in [7, 11) is 1.03. The van der Waals surface area contributed by atoms with E-state index >= 15 is 0 Å². The Morgan fingerprint density at radius 3 is 2.71 bits per heavy atom. The van der Waals surface area contributed by atoms with Crippen LogP contribution in [0.15, 0.2) is 0 Å². The molecular formula is C10H23NO2S. The predicted molar refractivity (Wildman–Crippen MR) is 62.1 cm³/mol. The summed E-state index contributed by atoms with van der Waals surface area (Å²) in [5, 5.41) is 3.37. The van der Waals surface area contributed by atoms with Crippen LogP contribution in [-0.4, -0.2) is 42.5 Å². The Balaban J connectivity index is 3.55. The summed E-state index contributed by atoms with van der Waals surface area (Å²) in [4.78, 5) is 0. The number of ether oxygens (including phenoxy) is 1. The number of hydrogen-bond acceptors (Lipinski definition) is 3. The van der Waals surface area contributed by atoms with E-state index in [2.05, 4.69) is 12.2 Å². The molecule has 0 heterocycles. The van der Waals surface area contributed by atoms with Crippen molar-refractivity contribution < 1.29 is 8.95 Å². The van der Waals surface area contributed by atoms with Crippen LogP contribution in [0, 0.1) is 0 Å². The fraction of sp³-hybridized carbons (Fsp3) is 1.00. The quantitative estimate of drug-likeness (QED) is 0.635. The maximum Gasteiger partial charge on any atom is 0.0615 e. The molecule has 0 spiro atoms. The Kier molecular flexibility index (Phi) is 9.67. The first-order valence-corrected chi connectivity index (χ1v) is 6.95. The van der Waals surface area contributed by atoms with Crippen molar-refractivity contribution in [2.75, 3.05) is 32.3 Å². The van der Waals surface area contributed by atoms with Gasteiger partial charge in [0.05, 0.1) is 6.61 Å². The van der Waals surface area contributed by atoms with E-state index in [1.54, 1.807) is 13.4 Å². The lowest BCUT2D eigenvalue weighted by molar-refractivity contribution is 0.162. The SMILES string of the molecule is CCCCC(COC)NCCS(C)=O. The van der Waals surface area contributed by atoms with Crippen molar-refractivity contribution in [1.82, 2.24) is 5.32 Å². The lowest BCUT2D eigenvalue weighted by Crippen LogP contribution is -2.35. The molecule has 3 nitrogen and oxygen atoms in total. The zero-order valence-electron chi connectivity index (χ0n) is 9.54. The lowest BCUT2D eigenvalue weighted by atomic mass is 10.1. The van der Waals surface area contributed by atoms with Crippen LogP contribution in [0.2, 0.25) is 0 Å². The summed E-state index contributed by atoms with van der Waals surface area (Å²) in [5.41, 5.74) is 0. The Labute approximate surface area is 90.1 Å². The van der Waals surface area contributed by atoms with Gasteiger partial charge < -0.3 is 10.1 Å². The molecule has 14 heavy (non-hydrogen) atoms. The van der Waals surface area contributed by atoms with Crippen LogP contribution >= 0.6 is 0 Å². The molecule has 0 aliphatic heterocycles. The first kappa shape index (κ1) is 14.1. The Morgan fingerprint density at radius 2 is 2.21 bits per heavy atom. The van der Waals surface area contributed by atoms with E-state index in [1.165, 1.54) is 12.8 Å². The highest BCUT2D eigenvalue weighted by atomic mass is 32.2. The Morgan fingerprint density at radius 1 is 1.50 bits per heavy atom. The van der Waals surface area contributed by atoms with Gasteiger partial charge in [-0.1, -0.05) is 19.8 Å². The molecule has 1 N–H and O–H groups in total. The first-order valence-electron chi connectivity index (χ1n) is 5.23. The highest BCUT2D eigenvalue weighted by Crippen LogP contribution is 2.00. The predicted octanol–water partition coefficient (Wildman–Crippen LogP) is 1.16. The topological polar surface area (TPSA) is 38.3 Å². The van der Waals surface area contributed by atoms with Gasteiger partial charge in [0.25, 0.3) is 0 Å². The molecule has 86 valence electrons. The molecule has 0 saturated heterocycles. The second-order valence-corrected chi connectivity index (χ2v) is 5.08. The van der Waals surface area contributed by atoms with Gasteiger partial charge in [0.2, 0.25) is 0 Å². The first-order chi connectivity index (χ1) is 6.70. The van der Waals surface area contributed by atoms with Gasteiger partial charge in [0.1, 0.15) is 0 Å². The monoisotopic (exact) mass is 221 g/mol. The van der Waals surface area contributed by atoms with E-state index in [-0.39, 0.29) is 0 Å².